The van der Waals surface area contributed by atoms with Crippen molar-refractivity contribution in [3.63, 3.8) is 0 Å². The van der Waals surface area contributed by atoms with Gasteiger partial charge in [0, 0.05) is 6.20 Å². The summed E-state index contributed by atoms with van der Waals surface area (Å²) in [5.41, 5.74) is 5.02. The van der Waals surface area contributed by atoms with Crippen LogP contribution < -0.4 is 10.5 Å². The summed E-state index contributed by atoms with van der Waals surface area (Å²) in [6.07, 6.45) is 1.28. The average molecular weight is 336 g/mol. The standard InChI is InChI=1S/C11H8Cl2FN3O2S/c12-6-1-2-11(16-5-6)17-20(18,19)10-4-9(15)8(14)3-7(10)13/h1-5H,15H2,(H,16,17). The molecule has 20 heavy (non-hydrogen) atoms. The number of pyridine rings is 1. The molecule has 106 valence electrons. The van der Waals surface area contributed by atoms with Gasteiger partial charge in [-0.2, -0.15) is 0 Å². The molecular formula is C11H8Cl2FN3O2S. The summed E-state index contributed by atoms with van der Waals surface area (Å²) >= 11 is 11.4. The zero-order valence-electron chi connectivity index (χ0n) is 9.77. The highest BCUT2D eigenvalue weighted by Gasteiger charge is 2.20. The summed E-state index contributed by atoms with van der Waals surface area (Å²) in [5, 5.41) is 0.0789. The number of aromatic nitrogens is 1. The molecule has 0 aliphatic carbocycles. The van der Waals surface area contributed by atoms with Crippen molar-refractivity contribution in [2.45, 2.75) is 4.90 Å². The van der Waals surface area contributed by atoms with Crippen LogP contribution >= 0.6 is 23.2 Å². The first-order valence-corrected chi connectivity index (χ1v) is 7.42. The number of nitrogens with two attached hydrogens (primary N) is 1. The van der Waals surface area contributed by atoms with E-state index in [2.05, 4.69) is 9.71 Å². The smallest absolute Gasteiger partial charge is 0.264 e. The minimum absolute atomic E-state index is 0.0494. The fraction of sp³-hybridized carbons (Fsp3) is 0. The molecule has 5 nitrogen and oxygen atoms in total. The Kier molecular flexibility index (Phi) is 4.03. The van der Waals surface area contributed by atoms with Gasteiger partial charge in [0.2, 0.25) is 0 Å². The molecule has 0 unspecified atom stereocenters. The van der Waals surface area contributed by atoms with E-state index in [0.717, 1.165) is 12.1 Å². The molecule has 2 rings (SSSR count). The molecule has 0 aliphatic rings. The molecule has 1 heterocycles. The number of sulfonamides is 1. The SMILES string of the molecule is Nc1cc(S(=O)(=O)Nc2ccc(Cl)cn2)c(Cl)cc1F. The van der Waals surface area contributed by atoms with Crippen LogP contribution in [0, 0.1) is 5.82 Å². The quantitative estimate of drug-likeness (QED) is 0.844. The van der Waals surface area contributed by atoms with Crippen LogP contribution in [0.2, 0.25) is 10.0 Å². The van der Waals surface area contributed by atoms with Crippen LogP contribution in [0.4, 0.5) is 15.9 Å². The van der Waals surface area contributed by atoms with Crippen LogP contribution in [0.3, 0.4) is 0 Å². The van der Waals surface area contributed by atoms with Gasteiger partial charge in [0.15, 0.2) is 0 Å². The Bertz CT molecular complexity index is 751. The van der Waals surface area contributed by atoms with Crippen molar-refractivity contribution in [2.24, 2.45) is 0 Å². The maximum atomic E-state index is 13.2. The second kappa shape index (κ2) is 5.43. The third kappa shape index (κ3) is 3.12. The molecule has 0 saturated carbocycles. The Morgan fingerprint density at radius 2 is 1.95 bits per heavy atom. The van der Waals surface area contributed by atoms with Gasteiger partial charge in [-0.05, 0) is 24.3 Å². The third-order valence-electron chi connectivity index (χ3n) is 2.31. The van der Waals surface area contributed by atoms with E-state index in [-0.39, 0.29) is 21.4 Å². The molecule has 0 amide bonds. The summed E-state index contributed by atoms with van der Waals surface area (Å²) in [4.78, 5) is 3.45. The first-order valence-electron chi connectivity index (χ1n) is 5.18. The van der Waals surface area contributed by atoms with Crippen LogP contribution in [-0.4, -0.2) is 13.4 Å². The highest BCUT2D eigenvalue weighted by molar-refractivity contribution is 7.92. The van der Waals surface area contributed by atoms with Gasteiger partial charge in [0.1, 0.15) is 16.5 Å². The molecule has 0 radical (unpaired) electrons. The number of nitrogens with one attached hydrogen (secondary N) is 1. The lowest BCUT2D eigenvalue weighted by atomic mass is 10.3. The van der Waals surface area contributed by atoms with Gasteiger partial charge < -0.3 is 5.73 Å². The van der Waals surface area contributed by atoms with Gasteiger partial charge in [-0.25, -0.2) is 17.8 Å². The lowest BCUT2D eigenvalue weighted by Crippen LogP contribution is -2.15. The minimum Gasteiger partial charge on any atom is -0.396 e. The van der Waals surface area contributed by atoms with Crippen molar-refractivity contribution in [3.8, 4) is 0 Å². The Labute approximate surface area is 124 Å². The van der Waals surface area contributed by atoms with Crippen molar-refractivity contribution in [2.75, 3.05) is 10.5 Å². The van der Waals surface area contributed by atoms with E-state index in [9.17, 15) is 12.8 Å². The Morgan fingerprint density at radius 3 is 2.55 bits per heavy atom. The predicted molar refractivity (Wildman–Crippen MR) is 75.9 cm³/mol. The van der Waals surface area contributed by atoms with E-state index in [1.165, 1.54) is 18.3 Å². The molecule has 3 N–H and O–H groups in total. The Hall–Kier alpha value is -1.57. The highest BCUT2D eigenvalue weighted by Crippen LogP contribution is 2.27. The molecule has 0 spiro atoms. The van der Waals surface area contributed by atoms with Crippen molar-refractivity contribution in [1.82, 2.24) is 4.98 Å². The first kappa shape index (κ1) is 14.8. The fourth-order valence-corrected chi connectivity index (χ4v) is 3.05. The van der Waals surface area contributed by atoms with E-state index < -0.39 is 15.8 Å². The molecule has 1 aromatic carbocycles. The van der Waals surface area contributed by atoms with Crippen LogP contribution in [0.1, 0.15) is 0 Å². The van der Waals surface area contributed by atoms with E-state index in [1.807, 2.05) is 0 Å². The topological polar surface area (TPSA) is 85.1 Å². The average Bonchev–Trinajstić information content (AvgIpc) is 2.36. The lowest BCUT2D eigenvalue weighted by molar-refractivity contribution is 0.600. The molecule has 9 heteroatoms. The molecule has 1 aromatic heterocycles. The number of halogens is 3. The van der Waals surface area contributed by atoms with E-state index in [4.69, 9.17) is 28.9 Å². The van der Waals surface area contributed by atoms with Gasteiger partial charge in [0.05, 0.1) is 15.7 Å². The van der Waals surface area contributed by atoms with Crippen LogP contribution in [0.5, 0.6) is 0 Å². The molecule has 0 bridgehead atoms. The zero-order chi connectivity index (χ0) is 14.9. The molecule has 0 fully saturated rings. The molecule has 0 atom stereocenters. The van der Waals surface area contributed by atoms with Gasteiger partial charge in [0.25, 0.3) is 10.0 Å². The molecule has 0 saturated heterocycles. The Morgan fingerprint density at radius 1 is 1.25 bits per heavy atom. The maximum Gasteiger partial charge on any atom is 0.264 e. The second-order valence-corrected chi connectivity index (χ2v) is 6.27. The van der Waals surface area contributed by atoms with E-state index in [1.54, 1.807) is 0 Å². The number of nitrogens with zero attached hydrogens (tertiary/aromatic N) is 1. The van der Waals surface area contributed by atoms with Gasteiger partial charge in [-0.1, -0.05) is 23.2 Å². The third-order valence-corrected chi connectivity index (χ3v) is 4.35. The zero-order valence-corrected chi connectivity index (χ0v) is 12.1. The maximum absolute atomic E-state index is 13.2. The number of anilines is 2. The summed E-state index contributed by atoms with van der Waals surface area (Å²) in [7, 11) is -4.03. The van der Waals surface area contributed by atoms with Gasteiger partial charge in [-0.3, -0.25) is 4.72 Å². The number of rotatable bonds is 3. The van der Waals surface area contributed by atoms with Crippen LogP contribution in [-0.2, 0) is 10.0 Å². The number of benzene rings is 1. The summed E-state index contributed by atoms with van der Waals surface area (Å²) in [5.74, 6) is -0.744. The predicted octanol–water partition coefficient (Wildman–Crippen LogP) is 2.91. The molecule has 0 aliphatic heterocycles. The van der Waals surface area contributed by atoms with Crippen molar-refractivity contribution in [1.29, 1.82) is 0 Å². The van der Waals surface area contributed by atoms with Crippen molar-refractivity contribution >= 4 is 44.7 Å². The normalized spacial score (nSPS) is 11.3. The van der Waals surface area contributed by atoms with Crippen LogP contribution in [0.15, 0.2) is 35.4 Å². The highest BCUT2D eigenvalue weighted by atomic mass is 35.5. The van der Waals surface area contributed by atoms with E-state index in [0.29, 0.717) is 5.02 Å². The van der Waals surface area contributed by atoms with E-state index >= 15 is 0 Å². The largest absolute Gasteiger partial charge is 0.396 e. The monoisotopic (exact) mass is 335 g/mol. The number of nitrogen functional groups attached to an aromatic ring is 1. The number of hydrogen-bond acceptors (Lipinski definition) is 4. The molecule has 2 aromatic rings. The fourth-order valence-electron chi connectivity index (χ4n) is 1.38. The Balaban J connectivity index is 2.40. The van der Waals surface area contributed by atoms with Gasteiger partial charge in [-0.15, -0.1) is 0 Å². The van der Waals surface area contributed by atoms with Gasteiger partial charge >= 0.3 is 0 Å². The van der Waals surface area contributed by atoms with Crippen molar-refractivity contribution < 1.29 is 12.8 Å². The first-order chi connectivity index (χ1) is 9.29. The summed E-state index contributed by atoms with van der Waals surface area (Å²) < 4.78 is 39.6. The van der Waals surface area contributed by atoms with Crippen LogP contribution in [0.25, 0.3) is 0 Å². The minimum atomic E-state index is -4.03. The molecular weight excluding hydrogens is 328 g/mol. The second-order valence-electron chi connectivity index (χ2n) is 3.77. The summed E-state index contributed by atoms with van der Waals surface area (Å²) in [6, 6.07) is 4.62. The summed E-state index contributed by atoms with van der Waals surface area (Å²) in [6.45, 7) is 0. The lowest BCUT2D eigenvalue weighted by Gasteiger charge is -2.10. The number of hydrogen-bond donors (Lipinski definition) is 2. The van der Waals surface area contributed by atoms with Crippen molar-refractivity contribution in [3.05, 3.63) is 46.3 Å².